The van der Waals surface area contributed by atoms with E-state index in [1.165, 1.54) is 0 Å². The number of rotatable bonds is 5. The first-order chi connectivity index (χ1) is 14.0. The standard InChI is InChI=1S/C24H22BrNO2S/c1-15(2)26-29(27)22-13-9-16-6-4-5-7-19(16)24(22)23-20-11-10-18(25)14-17(20)8-12-21(23)28-3/h4-15,26H,1-3H3/t29-/m0/s1. The number of fused-ring (bicyclic) bond motifs is 2. The largest absolute Gasteiger partial charge is 0.496 e. The molecule has 4 rings (SSSR count). The highest BCUT2D eigenvalue weighted by molar-refractivity contribution is 9.10. The van der Waals surface area contributed by atoms with E-state index in [0.29, 0.717) is 0 Å². The van der Waals surface area contributed by atoms with Crippen LogP contribution < -0.4 is 9.46 Å². The fraction of sp³-hybridized carbons (Fsp3) is 0.167. The Kier molecular flexibility index (Phi) is 5.72. The van der Waals surface area contributed by atoms with E-state index in [1.807, 2.05) is 50.2 Å². The van der Waals surface area contributed by atoms with E-state index in [0.717, 1.165) is 47.8 Å². The van der Waals surface area contributed by atoms with Crippen molar-refractivity contribution in [3.63, 3.8) is 0 Å². The number of nitrogens with one attached hydrogen (secondary N) is 1. The van der Waals surface area contributed by atoms with E-state index in [4.69, 9.17) is 4.74 Å². The van der Waals surface area contributed by atoms with Crippen LogP contribution in [0.4, 0.5) is 0 Å². The van der Waals surface area contributed by atoms with Gasteiger partial charge in [-0.2, -0.15) is 0 Å². The molecule has 148 valence electrons. The molecule has 4 aromatic rings. The van der Waals surface area contributed by atoms with Crippen molar-refractivity contribution >= 4 is 48.5 Å². The summed E-state index contributed by atoms with van der Waals surface area (Å²) in [6.07, 6.45) is 0. The van der Waals surface area contributed by atoms with E-state index in [9.17, 15) is 4.21 Å². The van der Waals surface area contributed by atoms with Crippen LogP contribution in [-0.4, -0.2) is 17.4 Å². The van der Waals surface area contributed by atoms with Gasteiger partial charge >= 0.3 is 0 Å². The molecule has 0 saturated heterocycles. The Hall–Kier alpha value is -2.21. The first-order valence-electron chi connectivity index (χ1n) is 9.46. The molecule has 0 unspecified atom stereocenters. The first-order valence-corrected chi connectivity index (χ1v) is 11.4. The van der Waals surface area contributed by atoms with Crippen LogP contribution in [0.3, 0.4) is 0 Å². The van der Waals surface area contributed by atoms with Gasteiger partial charge in [-0.15, -0.1) is 0 Å². The van der Waals surface area contributed by atoms with Crippen LogP contribution >= 0.6 is 15.9 Å². The van der Waals surface area contributed by atoms with E-state index in [1.54, 1.807) is 7.11 Å². The Labute approximate surface area is 181 Å². The molecule has 0 bridgehead atoms. The topological polar surface area (TPSA) is 38.3 Å². The summed E-state index contributed by atoms with van der Waals surface area (Å²) in [5.41, 5.74) is 1.91. The van der Waals surface area contributed by atoms with Crippen LogP contribution in [0.1, 0.15) is 13.8 Å². The summed E-state index contributed by atoms with van der Waals surface area (Å²) in [5.74, 6) is 0.763. The monoisotopic (exact) mass is 467 g/mol. The Morgan fingerprint density at radius 1 is 0.897 bits per heavy atom. The molecule has 0 aromatic heterocycles. The second-order valence-electron chi connectivity index (χ2n) is 7.21. The molecule has 0 fully saturated rings. The third kappa shape index (κ3) is 3.82. The molecule has 0 radical (unpaired) electrons. The van der Waals surface area contributed by atoms with Crippen LogP contribution in [0.2, 0.25) is 0 Å². The van der Waals surface area contributed by atoms with Gasteiger partial charge in [0, 0.05) is 21.6 Å². The van der Waals surface area contributed by atoms with E-state index >= 15 is 0 Å². The van der Waals surface area contributed by atoms with Crippen LogP contribution in [0.5, 0.6) is 5.75 Å². The quantitative estimate of drug-likeness (QED) is 0.366. The highest BCUT2D eigenvalue weighted by atomic mass is 79.9. The summed E-state index contributed by atoms with van der Waals surface area (Å²) in [5, 5.41) is 4.31. The fourth-order valence-electron chi connectivity index (χ4n) is 3.65. The summed E-state index contributed by atoms with van der Waals surface area (Å²) < 4.78 is 23.2. The van der Waals surface area contributed by atoms with Gasteiger partial charge in [-0.05, 0) is 59.7 Å². The third-order valence-corrected chi connectivity index (χ3v) is 6.77. The number of halogens is 1. The van der Waals surface area contributed by atoms with Gasteiger partial charge in [0.2, 0.25) is 0 Å². The minimum atomic E-state index is -1.35. The molecule has 1 N–H and O–H groups in total. The van der Waals surface area contributed by atoms with Crippen molar-refractivity contribution in [2.45, 2.75) is 24.8 Å². The minimum Gasteiger partial charge on any atom is -0.496 e. The molecule has 0 aliphatic heterocycles. The molecule has 0 heterocycles. The van der Waals surface area contributed by atoms with Gasteiger partial charge in [0.1, 0.15) is 16.7 Å². The summed E-state index contributed by atoms with van der Waals surface area (Å²) in [7, 11) is 0.324. The highest BCUT2D eigenvalue weighted by Gasteiger charge is 2.21. The van der Waals surface area contributed by atoms with Crippen LogP contribution in [0.15, 0.2) is 76.1 Å². The average Bonchev–Trinajstić information content (AvgIpc) is 2.71. The Morgan fingerprint density at radius 3 is 2.38 bits per heavy atom. The molecule has 29 heavy (non-hydrogen) atoms. The lowest BCUT2D eigenvalue weighted by atomic mass is 9.93. The molecular formula is C24H22BrNO2S. The summed E-state index contributed by atoms with van der Waals surface area (Å²) in [6.45, 7) is 3.99. The van der Waals surface area contributed by atoms with Gasteiger partial charge in [0.25, 0.3) is 0 Å². The number of methoxy groups -OCH3 is 1. The Bertz CT molecular complexity index is 1240. The predicted molar refractivity (Wildman–Crippen MR) is 126 cm³/mol. The number of benzene rings is 4. The number of hydrogen-bond donors (Lipinski definition) is 1. The molecule has 0 aliphatic carbocycles. The predicted octanol–water partition coefficient (Wildman–Crippen LogP) is 6.45. The summed E-state index contributed by atoms with van der Waals surface area (Å²) in [4.78, 5) is 0.756. The van der Waals surface area contributed by atoms with Gasteiger partial charge in [-0.1, -0.05) is 58.4 Å². The second-order valence-corrected chi connectivity index (χ2v) is 9.34. The smallest absolute Gasteiger partial charge is 0.127 e. The highest BCUT2D eigenvalue weighted by Crippen LogP contribution is 2.43. The second kappa shape index (κ2) is 8.27. The van der Waals surface area contributed by atoms with Gasteiger partial charge in [0.05, 0.1) is 12.0 Å². The van der Waals surface area contributed by atoms with Gasteiger partial charge in [-0.3, -0.25) is 0 Å². The molecule has 5 heteroatoms. The summed E-state index contributed by atoms with van der Waals surface area (Å²) >= 11 is 3.56. The maximum atomic E-state index is 13.2. The zero-order valence-corrected chi connectivity index (χ0v) is 18.9. The van der Waals surface area contributed by atoms with E-state index < -0.39 is 11.0 Å². The van der Waals surface area contributed by atoms with Crippen LogP contribution in [0.25, 0.3) is 32.7 Å². The maximum Gasteiger partial charge on any atom is 0.127 e. The van der Waals surface area contributed by atoms with Crippen LogP contribution in [-0.2, 0) is 11.0 Å². The third-order valence-electron chi connectivity index (χ3n) is 4.85. The minimum absolute atomic E-state index is 0.0977. The first kappa shape index (κ1) is 20.1. The lowest BCUT2D eigenvalue weighted by molar-refractivity contribution is 0.417. The Morgan fingerprint density at radius 2 is 1.62 bits per heavy atom. The molecule has 0 saturated carbocycles. The van der Waals surface area contributed by atoms with Crippen molar-refractivity contribution in [1.82, 2.24) is 4.72 Å². The zero-order chi connectivity index (χ0) is 20.5. The lowest BCUT2D eigenvalue weighted by Crippen LogP contribution is -2.25. The van der Waals surface area contributed by atoms with Crippen molar-refractivity contribution in [3.8, 4) is 16.9 Å². The molecule has 0 aliphatic rings. The molecule has 0 amide bonds. The Balaban J connectivity index is 2.14. The summed E-state index contributed by atoms with van der Waals surface area (Å²) in [6, 6.07) is 22.5. The average molecular weight is 468 g/mol. The molecule has 4 aromatic carbocycles. The van der Waals surface area contributed by atoms with Crippen LogP contribution in [0, 0.1) is 0 Å². The number of ether oxygens (including phenoxy) is 1. The van der Waals surface area contributed by atoms with Gasteiger partial charge < -0.3 is 4.74 Å². The molecule has 3 nitrogen and oxygen atoms in total. The molecular weight excluding hydrogens is 446 g/mol. The van der Waals surface area contributed by atoms with Crippen molar-refractivity contribution in [3.05, 3.63) is 71.2 Å². The van der Waals surface area contributed by atoms with E-state index in [-0.39, 0.29) is 6.04 Å². The van der Waals surface area contributed by atoms with Gasteiger partial charge in [-0.25, -0.2) is 8.93 Å². The van der Waals surface area contributed by atoms with Crippen molar-refractivity contribution in [1.29, 1.82) is 0 Å². The van der Waals surface area contributed by atoms with Crippen molar-refractivity contribution in [2.75, 3.05) is 7.11 Å². The van der Waals surface area contributed by atoms with E-state index in [2.05, 4.69) is 51.0 Å². The molecule has 0 spiro atoms. The normalized spacial score (nSPS) is 12.6. The fourth-order valence-corrected chi connectivity index (χ4v) is 5.17. The van der Waals surface area contributed by atoms with Gasteiger partial charge in [0.15, 0.2) is 0 Å². The van der Waals surface area contributed by atoms with Crippen molar-refractivity contribution in [2.24, 2.45) is 0 Å². The van der Waals surface area contributed by atoms with Crippen molar-refractivity contribution < 1.29 is 8.95 Å². The maximum absolute atomic E-state index is 13.2. The zero-order valence-electron chi connectivity index (χ0n) is 16.5. The SMILES string of the molecule is COc1ccc2cc(Br)ccc2c1-c1c([S@](=O)NC(C)C)ccc2ccccc12. The lowest BCUT2D eigenvalue weighted by Gasteiger charge is -2.19. The molecule has 1 atom stereocenters. The number of hydrogen-bond acceptors (Lipinski definition) is 2.